The number of nitrogens with zero attached hydrogens (tertiary/aromatic N) is 3. The zero-order chi connectivity index (χ0) is 13.4. The summed E-state index contributed by atoms with van der Waals surface area (Å²) < 4.78 is 0. The van der Waals surface area contributed by atoms with E-state index >= 15 is 0 Å². The third-order valence-electron chi connectivity index (χ3n) is 2.76. The van der Waals surface area contributed by atoms with Gasteiger partial charge in [0, 0.05) is 18.0 Å². The Morgan fingerprint density at radius 2 is 2.16 bits per heavy atom. The molecule has 0 fully saturated rings. The molecule has 6 nitrogen and oxygen atoms in total. The number of H-pyrrole nitrogens is 2. The summed E-state index contributed by atoms with van der Waals surface area (Å²) in [6.45, 7) is 0. The minimum Gasteiger partial charge on any atom is -0.328 e. The maximum atomic E-state index is 12.0. The van der Waals surface area contributed by atoms with Crippen LogP contribution < -0.4 is 5.56 Å². The van der Waals surface area contributed by atoms with Crippen LogP contribution in [0.1, 0.15) is 5.56 Å². The summed E-state index contributed by atoms with van der Waals surface area (Å²) in [4.78, 5) is 18.7. The van der Waals surface area contributed by atoms with Crippen molar-refractivity contribution >= 4 is 23.5 Å². The van der Waals surface area contributed by atoms with Gasteiger partial charge in [0.15, 0.2) is 0 Å². The molecule has 3 aromatic heterocycles. The van der Waals surface area contributed by atoms with Gasteiger partial charge in [0.25, 0.3) is 5.56 Å². The highest BCUT2D eigenvalue weighted by Crippen LogP contribution is 2.30. The average molecular weight is 269 g/mol. The molecule has 3 heterocycles. The first-order chi connectivity index (χ1) is 9.22. The molecule has 0 radical (unpaired) electrons. The Morgan fingerprint density at radius 1 is 1.32 bits per heavy atom. The van der Waals surface area contributed by atoms with E-state index in [9.17, 15) is 10.1 Å². The van der Waals surface area contributed by atoms with Crippen molar-refractivity contribution in [1.29, 1.82) is 5.26 Å². The Bertz CT molecular complexity index is 860. The van der Waals surface area contributed by atoms with E-state index in [0.717, 1.165) is 0 Å². The van der Waals surface area contributed by atoms with Gasteiger partial charge in [-0.25, -0.2) is 4.98 Å². The Balaban J connectivity index is 2.59. The van der Waals surface area contributed by atoms with Crippen LogP contribution in [0.2, 0.25) is 0 Å². The molecule has 0 saturated heterocycles. The van der Waals surface area contributed by atoms with Crippen molar-refractivity contribution in [2.45, 2.75) is 5.03 Å². The second-order valence-electron chi connectivity index (χ2n) is 3.82. The predicted molar refractivity (Wildman–Crippen MR) is 71.9 cm³/mol. The summed E-state index contributed by atoms with van der Waals surface area (Å²) in [7, 11) is 0. The smallest absolute Gasteiger partial charge is 0.258 e. The monoisotopic (exact) mass is 269 g/mol. The van der Waals surface area contributed by atoms with Crippen molar-refractivity contribution in [2.75, 3.05) is 0 Å². The van der Waals surface area contributed by atoms with Gasteiger partial charge >= 0.3 is 0 Å². The van der Waals surface area contributed by atoms with Gasteiger partial charge in [-0.3, -0.25) is 9.89 Å². The fourth-order valence-electron chi connectivity index (χ4n) is 1.97. The van der Waals surface area contributed by atoms with Crippen LogP contribution >= 0.6 is 12.6 Å². The molecule has 0 amide bonds. The highest BCUT2D eigenvalue weighted by Gasteiger charge is 2.18. The molecule has 0 bridgehead atoms. The molecule has 0 unspecified atom stereocenters. The van der Waals surface area contributed by atoms with E-state index < -0.39 is 0 Å². The molecule has 3 rings (SSSR count). The second kappa shape index (κ2) is 4.26. The molecule has 92 valence electrons. The molecule has 0 aromatic carbocycles. The fraction of sp³-hybridized carbons (Fsp3) is 0. The van der Waals surface area contributed by atoms with Crippen molar-refractivity contribution < 1.29 is 0 Å². The van der Waals surface area contributed by atoms with Crippen molar-refractivity contribution in [3.8, 4) is 17.3 Å². The number of aromatic amines is 2. The topological polar surface area (TPSA) is 98.2 Å². The normalized spacial score (nSPS) is 10.5. The van der Waals surface area contributed by atoms with Crippen molar-refractivity contribution in [3.63, 3.8) is 0 Å². The van der Waals surface area contributed by atoms with Crippen LogP contribution in [0.25, 0.3) is 22.2 Å². The molecule has 0 aliphatic rings. The molecule has 7 heteroatoms. The first-order valence-corrected chi connectivity index (χ1v) is 5.81. The van der Waals surface area contributed by atoms with Crippen LogP contribution in [0, 0.1) is 11.3 Å². The number of rotatable bonds is 1. The zero-order valence-electron chi connectivity index (χ0n) is 9.51. The van der Waals surface area contributed by atoms with E-state index in [4.69, 9.17) is 0 Å². The van der Waals surface area contributed by atoms with Crippen LogP contribution in [0.3, 0.4) is 0 Å². The summed E-state index contributed by atoms with van der Waals surface area (Å²) >= 11 is 4.21. The molecule has 0 atom stereocenters. The third-order valence-corrected chi connectivity index (χ3v) is 3.08. The Kier molecular flexibility index (Phi) is 2.58. The van der Waals surface area contributed by atoms with Gasteiger partial charge in [0.2, 0.25) is 0 Å². The summed E-state index contributed by atoms with van der Waals surface area (Å²) in [6, 6.07) is 5.38. The molecule has 2 N–H and O–H groups in total. The lowest BCUT2D eigenvalue weighted by Crippen LogP contribution is -2.09. The molecule has 0 saturated carbocycles. The number of nitriles is 1. The number of aromatic nitrogens is 4. The van der Waals surface area contributed by atoms with Crippen LogP contribution in [-0.4, -0.2) is 20.2 Å². The summed E-state index contributed by atoms with van der Waals surface area (Å²) in [5.74, 6) is 0. The van der Waals surface area contributed by atoms with Gasteiger partial charge in [-0.1, -0.05) is 0 Å². The quantitative estimate of drug-likeness (QED) is 0.583. The van der Waals surface area contributed by atoms with E-state index in [-0.39, 0.29) is 16.1 Å². The predicted octanol–water partition coefficient (Wildman–Crippen LogP) is 1.47. The van der Waals surface area contributed by atoms with Gasteiger partial charge in [0.1, 0.15) is 11.1 Å². The fourth-order valence-corrected chi connectivity index (χ4v) is 2.24. The van der Waals surface area contributed by atoms with Gasteiger partial charge in [-0.2, -0.15) is 10.4 Å². The maximum Gasteiger partial charge on any atom is 0.258 e. The Hall–Kier alpha value is -2.59. The number of hydrogen-bond donors (Lipinski definition) is 3. The SMILES string of the molecule is N#Cc1c(S)nc2cc[nH]c(=O)c2c1-c1cc[nH]n1. The number of pyridine rings is 2. The van der Waals surface area contributed by atoms with E-state index in [1.165, 1.54) is 6.20 Å². The number of thiol groups is 1. The van der Waals surface area contributed by atoms with Gasteiger partial charge in [-0.05, 0) is 12.1 Å². The number of hydrogen-bond acceptors (Lipinski definition) is 5. The highest BCUT2D eigenvalue weighted by atomic mass is 32.1. The minimum absolute atomic E-state index is 0.236. The number of fused-ring (bicyclic) bond motifs is 1. The van der Waals surface area contributed by atoms with E-state index in [1.54, 1.807) is 18.3 Å². The zero-order valence-corrected chi connectivity index (χ0v) is 10.4. The van der Waals surface area contributed by atoms with E-state index in [1.807, 2.05) is 6.07 Å². The molecule has 0 aliphatic carbocycles. The summed E-state index contributed by atoms with van der Waals surface area (Å²) in [6.07, 6.45) is 3.13. The standard InChI is InChI=1S/C12H7N5OS/c13-5-6-9(8-2-4-15-17-8)10-7(16-12(6)19)1-3-14-11(10)18/h1-4H,(H,14,18)(H,15,17)(H,16,19). The number of nitrogens with one attached hydrogen (secondary N) is 2. The minimum atomic E-state index is -0.312. The molecule has 0 spiro atoms. The lowest BCUT2D eigenvalue weighted by Gasteiger charge is -2.07. The van der Waals surface area contributed by atoms with Crippen LogP contribution in [-0.2, 0) is 0 Å². The van der Waals surface area contributed by atoms with Crippen molar-refractivity contribution in [1.82, 2.24) is 20.2 Å². The maximum absolute atomic E-state index is 12.0. The highest BCUT2D eigenvalue weighted by molar-refractivity contribution is 7.80. The lowest BCUT2D eigenvalue weighted by atomic mass is 10.0. The largest absolute Gasteiger partial charge is 0.328 e. The van der Waals surface area contributed by atoms with E-state index in [0.29, 0.717) is 22.2 Å². The van der Waals surface area contributed by atoms with Crippen molar-refractivity contribution in [3.05, 3.63) is 40.4 Å². The Labute approximate surface area is 112 Å². The van der Waals surface area contributed by atoms with Crippen LogP contribution in [0.15, 0.2) is 34.3 Å². The van der Waals surface area contributed by atoms with Gasteiger partial charge in [-0.15, -0.1) is 12.6 Å². The van der Waals surface area contributed by atoms with Crippen LogP contribution in [0.4, 0.5) is 0 Å². The lowest BCUT2D eigenvalue weighted by molar-refractivity contribution is 1.09. The molecule has 0 aliphatic heterocycles. The molecular formula is C12H7N5OS. The molecule has 19 heavy (non-hydrogen) atoms. The van der Waals surface area contributed by atoms with E-state index in [2.05, 4.69) is 32.8 Å². The molecule has 3 aromatic rings. The average Bonchev–Trinajstić information content (AvgIpc) is 2.91. The first kappa shape index (κ1) is 11.5. The van der Waals surface area contributed by atoms with Gasteiger partial charge in [0.05, 0.1) is 22.2 Å². The van der Waals surface area contributed by atoms with Gasteiger partial charge < -0.3 is 4.98 Å². The third kappa shape index (κ3) is 1.70. The summed E-state index contributed by atoms with van der Waals surface area (Å²) in [5.41, 5.74) is 1.36. The van der Waals surface area contributed by atoms with Crippen molar-refractivity contribution in [2.24, 2.45) is 0 Å². The molecular weight excluding hydrogens is 262 g/mol. The van der Waals surface area contributed by atoms with Crippen LogP contribution in [0.5, 0.6) is 0 Å². The first-order valence-electron chi connectivity index (χ1n) is 5.37. The second-order valence-corrected chi connectivity index (χ2v) is 4.25. The Morgan fingerprint density at radius 3 is 2.84 bits per heavy atom. The summed E-state index contributed by atoms with van der Waals surface area (Å²) in [5, 5.41) is 16.6.